The van der Waals surface area contributed by atoms with Crippen molar-refractivity contribution in [1.29, 1.82) is 0 Å². The van der Waals surface area contributed by atoms with Crippen molar-refractivity contribution in [2.75, 3.05) is 25.6 Å². The summed E-state index contributed by atoms with van der Waals surface area (Å²) in [6.07, 6.45) is 3.35. The van der Waals surface area contributed by atoms with Crippen molar-refractivity contribution in [3.05, 3.63) is 72.3 Å². The first-order valence-electron chi connectivity index (χ1n) is 11.4. The maximum atomic E-state index is 12.5. The number of anilines is 1. The summed E-state index contributed by atoms with van der Waals surface area (Å²) >= 11 is 0. The second-order valence-electron chi connectivity index (χ2n) is 8.57. The van der Waals surface area contributed by atoms with Crippen molar-refractivity contribution in [2.45, 2.75) is 39.8 Å². The summed E-state index contributed by atoms with van der Waals surface area (Å²) in [4.78, 5) is 14.9. The number of carbonyl (C=O) groups excluding carboxylic acids is 1. The number of fused-ring (bicyclic) bond motifs is 1. The fraction of sp³-hybridized carbons (Fsp3) is 0.321. The molecule has 1 amide bonds. The highest BCUT2D eigenvalue weighted by atomic mass is 35.5. The lowest BCUT2D eigenvalue weighted by Crippen LogP contribution is -2.39. The largest absolute Gasteiger partial charge is 0.493 e. The van der Waals surface area contributed by atoms with Gasteiger partial charge in [-0.15, -0.1) is 12.4 Å². The highest BCUT2D eigenvalue weighted by molar-refractivity contribution is 6.02. The smallest absolute Gasteiger partial charge is 0.248 e. The van der Waals surface area contributed by atoms with Gasteiger partial charge in [0.15, 0.2) is 11.5 Å². The van der Waals surface area contributed by atoms with Crippen LogP contribution in [0.1, 0.15) is 33.3 Å². The van der Waals surface area contributed by atoms with Crippen molar-refractivity contribution in [3.63, 3.8) is 0 Å². The van der Waals surface area contributed by atoms with Gasteiger partial charge < -0.3 is 14.8 Å². The molecule has 6 heteroatoms. The summed E-state index contributed by atoms with van der Waals surface area (Å²) < 4.78 is 11.4. The van der Waals surface area contributed by atoms with Crippen LogP contribution in [0.3, 0.4) is 0 Å². The Kier molecular flexibility index (Phi) is 10.4. The number of methoxy groups -OCH3 is 1. The molecule has 3 aromatic rings. The van der Waals surface area contributed by atoms with Gasteiger partial charge in [0, 0.05) is 36.5 Å². The first-order valence-corrected chi connectivity index (χ1v) is 11.4. The SMILES string of the molecule is COc1ccc(NC(=O)/C=C/c2ccc3ccccc3c2)cc1OCCN(C(C)C)C(C)C.Cl. The quantitative estimate of drug-likeness (QED) is 0.339. The Hall–Kier alpha value is -3.02. The van der Waals surface area contributed by atoms with Gasteiger partial charge in [-0.25, -0.2) is 0 Å². The van der Waals surface area contributed by atoms with Gasteiger partial charge in [-0.05, 0) is 68.3 Å². The van der Waals surface area contributed by atoms with E-state index in [9.17, 15) is 4.79 Å². The van der Waals surface area contributed by atoms with Gasteiger partial charge in [0.05, 0.1) is 7.11 Å². The number of ether oxygens (including phenoxy) is 2. The first-order chi connectivity index (χ1) is 15.9. The van der Waals surface area contributed by atoms with Crippen molar-refractivity contribution in [3.8, 4) is 11.5 Å². The average Bonchev–Trinajstić information content (AvgIpc) is 2.80. The predicted molar refractivity (Wildman–Crippen MR) is 144 cm³/mol. The maximum absolute atomic E-state index is 12.5. The molecule has 0 aliphatic rings. The second-order valence-corrected chi connectivity index (χ2v) is 8.57. The van der Waals surface area contributed by atoms with Gasteiger partial charge >= 0.3 is 0 Å². The number of rotatable bonds is 10. The van der Waals surface area contributed by atoms with Crippen molar-refractivity contribution < 1.29 is 14.3 Å². The standard InChI is InChI=1S/C28H34N2O3.ClH/c1-20(2)30(21(3)4)16-17-33-27-19-25(13-14-26(27)32-5)29-28(31)15-11-22-10-12-23-8-6-7-9-24(23)18-22;/h6-15,18-21H,16-17H2,1-5H3,(H,29,31);1H/b15-11+;. The van der Waals surface area contributed by atoms with E-state index in [1.165, 1.54) is 11.5 Å². The lowest BCUT2D eigenvalue weighted by Gasteiger charge is -2.30. The molecule has 0 heterocycles. The molecule has 1 N–H and O–H groups in total. The van der Waals surface area contributed by atoms with Crippen molar-refractivity contribution >= 4 is 40.9 Å². The third-order valence-corrected chi connectivity index (χ3v) is 5.57. The molecule has 0 saturated carbocycles. The Balaban J connectivity index is 0.00000408. The summed E-state index contributed by atoms with van der Waals surface area (Å²) in [7, 11) is 1.61. The molecule has 3 rings (SSSR count). The zero-order valence-electron chi connectivity index (χ0n) is 20.6. The molecule has 0 saturated heterocycles. The molecule has 182 valence electrons. The van der Waals surface area contributed by atoms with Crippen LogP contribution < -0.4 is 14.8 Å². The van der Waals surface area contributed by atoms with E-state index in [2.05, 4.69) is 62.2 Å². The normalized spacial score (nSPS) is 11.3. The maximum Gasteiger partial charge on any atom is 0.248 e. The van der Waals surface area contributed by atoms with Crippen LogP contribution in [0.5, 0.6) is 11.5 Å². The summed E-state index contributed by atoms with van der Waals surface area (Å²) in [5.41, 5.74) is 1.63. The molecule has 0 bridgehead atoms. The van der Waals surface area contributed by atoms with Gasteiger partial charge in [-0.1, -0.05) is 36.4 Å². The summed E-state index contributed by atoms with van der Waals surface area (Å²) in [5.74, 6) is 1.05. The highest BCUT2D eigenvalue weighted by Gasteiger charge is 2.14. The van der Waals surface area contributed by atoms with Crippen LogP contribution in [0.15, 0.2) is 66.7 Å². The van der Waals surface area contributed by atoms with E-state index in [1.807, 2.05) is 30.3 Å². The Morgan fingerprint density at radius 1 is 0.941 bits per heavy atom. The minimum Gasteiger partial charge on any atom is -0.493 e. The van der Waals surface area contributed by atoms with Crippen LogP contribution in [0.4, 0.5) is 5.69 Å². The number of amides is 1. The number of nitrogens with zero attached hydrogens (tertiary/aromatic N) is 1. The average molecular weight is 483 g/mol. The third-order valence-electron chi connectivity index (χ3n) is 5.57. The molecular weight excluding hydrogens is 448 g/mol. The summed E-state index contributed by atoms with van der Waals surface area (Å²) in [6, 6.07) is 20.6. The summed E-state index contributed by atoms with van der Waals surface area (Å²) in [6.45, 7) is 10.1. The number of hydrogen-bond acceptors (Lipinski definition) is 4. The monoisotopic (exact) mass is 482 g/mol. The Labute approximate surface area is 209 Å². The highest BCUT2D eigenvalue weighted by Crippen LogP contribution is 2.30. The van der Waals surface area contributed by atoms with Crippen LogP contribution in [0.2, 0.25) is 0 Å². The van der Waals surface area contributed by atoms with Crippen LogP contribution in [-0.2, 0) is 4.79 Å². The van der Waals surface area contributed by atoms with E-state index in [0.29, 0.717) is 35.9 Å². The van der Waals surface area contributed by atoms with Crippen molar-refractivity contribution in [1.82, 2.24) is 4.90 Å². The van der Waals surface area contributed by atoms with E-state index in [-0.39, 0.29) is 18.3 Å². The third kappa shape index (κ3) is 7.51. The molecule has 0 aliphatic heterocycles. The predicted octanol–water partition coefficient (Wildman–Crippen LogP) is 6.42. The van der Waals surface area contributed by atoms with E-state index in [0.717, 1.165) is 17.5 Å². The van der Waals surface area contributed by atoms with Crippen LogP contribution in [0, 0.1) is 0 Å². The molecule has 0 aliphatic carbocycles. The fourth-order valence-corrected chi connectivity index (χ4v) is 3.91. The van der Waals surface area contributed by atoms with Crippen LogP contribution in [-0.4, -0.2) is 43.2 Å². The lowest BCUT2D eigenvalue weighted by atomic mass is 10.1. The number of carbonyl (C=O) groups is 1. The summed E-state index contributed by atoms with van der Waals surface area (Å²) in [5, 5.41) is 5.22. The molecule has 0 fully saturated rings. The lowest BCUT2D eigenvalue weighted by molar-refractivity contribution is -0.111. The first kappa shape index (κ1) is 27.2. The van der Waals surface area contributed by atoms with Gasteiger partial charge in [-0.3, -0.25) is 9.69 Å². The fourth-order valence-electron chi connectivity index (χ4n) is 3.91. The van der Waals surface area contributed by atoms with Crippen molar-refractivity contribution in [2.24, 2.45) is 0 Å². The van der Waals surface area contributed by atoms with E-state index in [4.69, 9.17) is 9.47 Å². The van der Waals surface area contributed by atoms with Gasteiger partial charge in [0.1, 0.15) is 6.61 Å². The molecule has 0 unspecified atom stereocenters. The Morgan fingerprint density at radius 2 is 1.65 bits per heavy atom. The van der Waals surface area contributed by atoms with Crippen LogP contribution in [0.25, 0.3) is 16.8 Å². The molecule has 34 heavy (non-hydrogen) atoms. The minimum atomic E-state index is -0.204. The molecular formula is C28H35ClN2O3. The number of hydrogen-bond donors (Lipinski definition) is 1. The molecule has 0 spiro atoms. The zero-order chi connectivity index (χ0) is 23.8. The number of nitrogens with one attached hydrogen (secondary N) is 1. The molecule has 5 nitrogen and oxygen atoms in total. The Bertz CT molecular complexity index is 1100. The van der Waals surface area contributed by atoms with Gasteiger partial charge in [0.25, 0.3) is 0 Å². The van der Waals surface area contributed by atoms with Gasteiger partial charge in [0.2, 0.25) is 5.91 Å². The second kappa shape index (κ2) is 13.0. The number of benzene rings is 3. The van der Waals surface area contributed by atoms with Crippen LogP contribution >= 0.6 is 12.4 Å². The van der Waals surface area contributed by atoms with E-state index in [1.54, 1.807) is 19.2 Å². The zero-order valence-corrected chi connectivity index (χ0v) is 21.4. The van der Waals surface area contributed by atoms with Gasteiger partial charge in [-0.2, -0.15) is 0 Å². The minimum absolute atomic E-state index is 0. The molecule has 0 radical (unpaired) electrons. The topological polar surface area (TPSA) is 50.8 Å². The molecule has 3 aromatic carbocycles. The Morgan fingerprint density at radius 3 is 2.32 bits per heavy atom. The molecule has 0 atom stereocenters. The molecule has 0 aromatic heterocycles. The van der Waals surface area contributed by atoms with E-state index < -0.39 is 0 Å². The number of halogens is 1. The van der Waals surface area contributed by atoms with E-state index >= 15 is 0 Å².